The number of carbonyl (C=O) groups excluding carboxylic acids is 1. The van der Waals surface area contributed by atoms with Gasteiger partial charge in [0.2, 0.25) is 0 Å². The first kappa shape index (κ1) is 14.9. The lowest BCUT2D eigenvalue weighted by Gasteiger charge is -2.14. The standard InChI is InChI=1S/C15H18FNO2S/c1-8(2)12(18)7-17-15(19)14-9(3)11-6-10(16)4-5-13(11)20-14/h4-6,8,12,18H,7H2,1-3H3,(H,17,19). The third-order valence-electron chi connectivity index (χ3n) is 3.35. The lowest BCUT2D eigenvalue weighted by atomic mass is 10.1. The van der Waals surface area contributed by atoms with E-state index in [0.717, 1.165) is 15.6 Å². The van der Waals surface area contributed by atoms with Crippen LogP contribution in [0.2, 0.25) is 0 Å². The predicted molar refractivity (Wildman–Crippen MR) is 79.7 cm³/mol. The van der Waals surface area contributed by atoms with Crippen molar-refractivity contribution in [2.75, 3.05) is 6.54 Å². The Morgan fingerprint density at radius 3 is 2.80 bits per heavy atom. The normalized spacial score (nSPS) is 12.9. The summed E-state index contributed by atoms with van der Waals surface area (Å²) in [6.45, 7) is 5.82. The summed E-state index contributed by atoms with van der Waals surface area (Å²) in [6.07, 6.45) is -0.564. The Morgan fingerprint density at radius 1 is 1.45 bits per heavy atom. The van der Waals surface area contributed by atoms with E-state index >= 15 is 0 Å². The summed E-state index contributed by atoms with van der Waals surface area (Å²) < 4.78 is 14.1. The van der Waals surface area contributed by atoms with E-state index in [9.17, 15) is 14.3 Å². The van der Waals surface area contributed by atoms with Crippen molar-refractivity contribution in [2.45, 2.75) is 26.9 Å². The van der Waals surface area contributed by atoms with Crippen LogP contribution in [0, 0.1) is 18.7 Å². The van der Waals surface area contributed by atoms with E-state index in [4.69, 9.17) is 0 Å². The van der Waals surface area contributed by atoms with Gasteiger partial charge in [0, 0.05) is 11.2 Å². The summed E-state index contributed by atoms with van der Waals surface area (Å²) in [4.78, 5) is 12.7. The number of carbonyl (C=O) groups is 1. The molecule has 2 aromatic rings. The van der Waals surface area contributed by atoms with Crippen molar-refractivity contribution in [1.82, 2.24) is 5.32 Å². The van der Waals surface area contributed by atoms with Crippen LogP contribution >= 0.6 is 11.3 Å². The molecule has 0 radical (unpaired) electrons. The number of fused-ring (bicyclic) bond motifs is 1. The molecule has 1 heterocycles. The molecule has 0 aliphatic rings. The summed E-state index contributed by atoms with van der Waals surface area (Å²) in [5, 5.41) is 13.2. The number of benzene rings is 1. The molecule has 2 rings (SSSR count). The zero-order chi connectivity index (χ0) is 14.9. The van der Waals surface area contributed by atoms with Gasteiger partial charge in [-0.1, -0.05) is 13.8 Å². The second kappa shape index (κ2) is 5.89. The highest BCUT2D eigenvalue weighted by Gasteiger charge is 2.17. The molecule has 1 atom stereocenters. The van der Waals surface area contributed by atoms with Gasteiger partial charge in [0.05, 0.1) is 11.0 Å². The van der Waals surface area contributed by atoms with E-state index in [1.54, 1.807) is 6.07 Å². The molecule has 20 heavy (non-hydrogen) atoms. The molecule has 108 valence electrons. The van der Waals surface area contributed by atoms with Crippen LogP contribution in [-0.2, 0) is 0 Å². The maximum atomic E-state index is 13.2. The van der Waals surface area contributed by atoms with Gasteiger partial charge in [0.1, 0.15) is 5.82 Å². The van der Waals surface area contributed by atoms with Crippen LogP contribution in [0.1, 0.15) is 29.1 Å². The Hall–Kier alpha value is -1.46. The molecule has 2 N–H and O–H groups in total. The van der Waals surface area contributed by atoms with Crippen molar-refractivity contribution >= 4 is 27.3 Å². The molecule has 1 amide bonds. The van der Waals surface area contributed by atoms with Crippen molar-refractivity contribution < 1.29 is 14.3 Å². The molecule has 3 nitrogen and oxygen atoms in total. The number of nitrogens with one attached hydrogen (secondary N) is 1. The Bertz CT molecular complexity index is 636. The molecular weight excluding hydrogens is 277 g/mol. The zero-order valence-electron chi connectivity index (χ0n) is 11.7. The van der Waals surface area contributed by atoms with Crippen molar-refractivity contribution in [3.8, 4) is 0 Å². The molecule has 0 bridgehead atoms. The molecule has 0 saturated carbocycles. The van der Waals surface area contributed by atoms with Crippen molar-refractivity contribution in [3.05, 3.63) is 34.5 Å². The zero-order valence-corrected chi connectivity index (χ0v) is 12.6. The number of hydrogen-bond donors (Lipinski definition) is 2. The summed E-state index contributed by atoms with van der Waals surface area (Å²) in [5.41, 5.74) is 0.779. The fraction of sp³-hybridized carbons (Fsp3) is 0.400. The van der Waals surface area contributed by atoms with E-state index in [1.807, 2.05) is 20.8 Å². The van der Waals surface area contributed by atoms with Crippen LogP contribution in [-0.4, -0.2) is 23.7 Å². The largest absolute Gasteiger partial charge is 0.391 e. The van der Waals surface area contributed by atoms with E-state index in [1.165, 1.54) is 23.5 Å². The average Bonchev–Trinajstić information content (AvgIpc) is 2.73. The van der Waals surface area contributed by atoms with Gasteiger partial charge in [-0.25, -0.2) is 4.39 Å². The van der Waals surface area contributed by atoms with Gasteiger partial charge < -0.3 is 10.4 Å². The van der Waals surface area contributed by atoms with Crippen molar-refractivity contribution in [2.24, 2.45) is 5.92 Å². The van der Waals surface area contributed by atoms with Crippen molar-refractivity contribution in [3.63, 3.8) is 0 Å². The number of aliphatic hydroxyl groups excluding tert-OH is 1. The SMILES string of the molecule is Cc1c(C(=O)NCC(O)C(C)C)sc2ccc(F)cc12. The molecule has 0 spiro atoms. The highest BCUT2D eigenvalue weighted by molar-refractivity contribution is 7.21. The smallest absolute Gasteiger partial charge is 0.261 e. The first-order valence-corrected chi connectivity index (χ1v) is 7.36. The minimum absolute atomic E-state index is 0.0906. The number of aliphatic hydroxyl groups is 1. The van der Waals surface area contributed by atoms with Gasteiger partial charge in [0.25, 0.3) is 5.91 Å². The van der Waals surface area contributed by atoms with Gasteiger partial charge >= 0.3 is 0 Å². The average molecular weight is 295 g/mol. The first-order valence-electron chi connectivity index (χ1n) is 6.55. The lowest BCUT2D eigenvalue weighted by molar-refractivity contribution is 0.0875. The fourth-order valence-corrected chi connectivity index (χ4v) is 3.03. The fourth-order valence-electron chi connectivity index (χ4n) is 1.92. The van der Waals surface area contributed by atoms with Crippen molar-refractivity contribution in [1.29, 1.82) is 0 Å². The maximum absolute atomic E-state index is 13.2. The molecule has 1 aromatic carbocycles. The van der Waals surface area contributed by atoms with Crippen LogP contribution < -0.4 is 5.32 Å². The third kappa shape index (κ3) is 2.99. The Kier molecular flexibility index (Phi) is 4.40. The van der Waals surface area contributed by atoms with Crippen LogP contribution in [0.15, 0.2) is 18.2 Å². The van der Waals surface area contributed by atoms with Crippen LogP contribution in [0.4, 0.5) is 4.39 Å². The maximum Gasteiger partial charge on any atom is 0.261 e. The summed E-state index contributed by atoms with van der Waals surface area (Å²) in [6, 6.07) is 4.52. The number of halogens is 1. The van der Waals surface area contributed by atoms with Crippen LogP contribution in [0.5, 0.6) is 0 Å². The topological polar surface area (TPSA) is 49.3 Å². The highest BCUT2D eigenvalue weighted by atomic mass is 32.1. The number of aryl methyl sites for hydroxylation is 1. The Labute approximate surface area is 121 Å². The molecular formula is C15H18FNO2S. The minimum atomic E-state index is -0.564. The van der Waals surface area contributed by atoms with Gasteiger partial charge in [-0.2, -0.15) is 0 Å². The number of amides is 1. The number of thiophene rings is 1. The number of hydrogen-bond acceptors (Lipinski definition) is 3. The second-order valence-electron chi connectivity index (χ2n) is 5.22. The monoisotopic (exact) mass is 295 g/mol. The quantitative estimate of drug-likeness (QED) is 0.910. The first-order chi connectivity index (χ1) is 9.40. The van der Waals surface area contributed by atoms with Crippen LogP contribution in [0.25, 0.3) is 10.1 Å². The van der Waals surface area contributed by atoms with Gasteiger partial charge in [-0.3, -0.25) is 4.79 Å². The van der Waals surface area contributed by atoms with E-state index in [0.29, 0.717) is 4.88 Å². The molecule has 1 aromatic heterocycles. The van der Waals surface area contributed by atoms with E-state index < -0.39 is 6.10 Å². The molecule has 0 fully saturated rings. The van der Waals surface area contributed by atoms with Crippen LogP contribution in [0.3, 0.4) is 0 Å². The molecule has 5 heteroatoms. The predicted octanol–water partition coefficient (Wildman–Crippen LogP) is 3.10. The molecule has 0 saturated heterocycles. The second-order valence-corrected chi connectivity index (χ2v) is 6.27. The minimum Gasteiger partial charge on any atom is -0.391 e. The third-order valence-corrected chi connectivity index (χ3v) is 4.62. The Balaban J connectivity index is 2.20. The number of rotatable bonds is 4. The molecule has 0 aliphatic carbocycles. The summed E-state index contributed by atoms with van der Waals surface area (Å²) in [7, 11) is 0. The van der Waals surface area contributed by atoms with Gasteiger partial charge in [-0.05, 0) is 42.0 Å². The van der Waals surface area contributed by atoms with Gasteiger partial charge in [-0.15, -0.1) is 11.3 Å². The van der Waals surface area contributed by atoms with E-state index in [-0.39, 0.29) is 24.2 Å². The summed E-state index contributed by atoms with van der Waals surface area (Å²) >= 11 is 1.34. The van der Waals surface area contributed by atoms with E-state index in [2.05, 4.69) is 5.32 Å². The lowest BCUT2D eigenvalue weighted by Crippen LogP contribution is -2.34. The molecule has 0 aliphatic heterocycles. The molecule has 1 unspecified atom stereocenters. The van der Waals surface area contributed by atoms with Gasteiger partial charge in [0.15, 0.2) is 0 Å². The Morgan fingerprint density at radius 2 is 2.15 bits per heavy atom. The summed E-state index contributed by atoms with van der Waals surface area (Å²) in [5.74, 6) is -0.433. The highest BCUT2D eigenvalue weighted by Crippen LogP contribution is 2.31.